The minimum Gasteiger partial charge on any atom is -0.375 e. The predicted octanol–water partition coefficient (Wildman–Crippen LogP) is 3.11. The third-order valence-electron chi connectivity index (χ3n) is 7.21. The Morgan fingerprint density at radius 1 is 1.30 bits per heavy atom. The molecule has 1 saturated heterocycles. The molecule has 4 rings (SSSR count). The molecule has 0 N–H and O–H groups in total. The zero-order valence-corrected chi connectivity index (χ0v) is 19.7. The monoisotopic (exact) mass is 467 g/mol. The highest BCUT2D eigenvalue weighted by molar-refractivity contribution is 6.16. The molecule has 0 saturated carbocycles. The molecule has 6 unspecified atom stereocenters. The normalized spacial score (nSPS) is 35.7. The minimum absolute atomic E-state index is 0.0260. The fourth-order valence-electron chi connectivity index (χ4n) is 5.61. The number of hydrogen-bond donors (Lipinski definition) is 0. The van der Waals surface area contributed by atoms with E-state index in [1.54, 1.807) is 12.0 Å². The molecule has 6 atom stereocenters. The van der Waals surface area contributed by atoms with Gasteiger partial charge in [0.05, 0.1) is 47.9 Å². The van der Waals surface area contributed by atoms with Crippen LogP contribution in [0.3, 0.4) is 0 Å². The lowest BCUT2D eigenvalue weighted by Gasteiger charge is -2.37. The topological polar surface area (TPSA) is 69.9 Å². The van der Waals surface area contributed by atoms with Crippen LogP contribution in [0.1, 0.15) is 40.5 Å². The fraction of sp³-hybridized carbons (Fsp3) is 0.739. The second-order valence-corrected chi connectivity index (χ2v) is 9.90. The summed E-state index contributed by atoms with van der Waals surface area (Å²) in [7, 11) is 1.68. The summed E-state index contributed by atoms with van der Waals surface area (Å²) in [6.45, 7) is 6.87. The van der Waals surface area contributed by atoms with Crippen molar-refractivity contribution in [3.8, 4) is 0 Å². The van der Waals surface area contributed by atoms with Gasteiger partial charge in [-0.1, -0.05) is 13.8 Å². The van der Waals surface area contributed by atoms with Gasteiger partial charge < -0.3 is 9.64 Å². The van der Waals surface area contributed by atoms with Crippen LogP contribution in [0.2, 0.25) is 0 Å². The van der Waals surface area contributed by atoms with E-state index in [1.165, 1.54) is 6.21 Å². The van der Waals surface area contributed by atoms with E-state index in [0.717, 1.165) is 22.7 Å². The fourth-order valence-corrected chi connectivity index (χ4v) is 5.61. The van der Waals surface area contributed by atoms with E-state index in [9.17, 15) is 18.0 Å². The number of halogens is 3. The number of likely N-dealkylation sites (tertiary alicyclic amines) is 1. The summed E-state index contributed by atoms with van der Waals surface area (Å²) in [5, 5.41) is 4.89. The van der Waals surface area contributed by atoms with Crippen molar-refractivity contribution in [1.29, 1.82) is 0 Å². The van der Waals surface area contributed by atoms with E-state index in [2.05, 4.69) is 23.1 Å². The second-order valence-electron chi connectivity index (χ2n) is 9.90. The van der Waals surface area contributed by atoms with Crippen LogP contribution in [-0.2, 0) is 9.53 Å². The number of fused-ring (bicyclic) bond motifs is 1. The van der Waals surface area contributed by atoms with E-state index in [4.69, 9.17) is 9.73 Å². The van der Waals surface area contributed by atoms with Crippen molar-refractivity contribution in [2.75, 3.05) is 20.2 Å². The van der Waals surface area contributed by atoms with Gasteiger partial charge in [0.25, 0.3) is 0 Å². The number of methoxy groups -OCH3 is 1. The standard InChI is InChI=1S/C23H32F3N5O2/c1-6-16-18(33-5)8-14(9-27-16)17-7-13(2)19-20(29-17)22(3,4)31(21(19)32)15-10-28-30(11-15)12-23(24,25)26/h8-10,13,15-19H,6-7,11-12H2,1-5H3. The van der Waals surface area contributed by atoms with Crippen molar-refractivity contribution in [2.45, 2.75) is 76.5 Å². The van der Waals surface area contributed by atoms with Crippen molar-refractivity contribution < 1.29 is 22.7 Å². The summed E-state index contributed by atoms with van der Waals surface area (Å²) in [4.78, 5) is 24.9. The van der Waals surface area contributed by atoms with Gasteiger partial charge in [0.15, 0.2) is 0 Å². The Morgan fingerprint density at radius 2 is 2.03 bits per heavy atom. The first-order chi connectivity index (χ1) is 15.5. The average molecular weight is 468 g/mol. The molecular weight excluding hydrogens is 435 g/mol. The lowest BCUT2D eigenvalue weighted by atomic mass is 9.77. The SMILES string of the molecule is CCC1N=CC(C2CC(C)C3C(=O)N(C4C=NN(CC(F)(F)F)C4)C(C)(C)C3=N2)=CC1OC. The summed E-state index contributed by atoms with van der Waals surface area (Å²) < 4.78 is 44.1. The first kappa shape index (κ1) is 23.9. The summed E-state index contributed by atoms with van der Waals surface area (Å²) in [5.74, 6) is -0.408. The molecule has 4 aliphatic rings. The molecule has 0 aliphatic carbocycles. The number of aliphatic imine (C=N–C) groups is 2. The predicted molar refractivity (Wildman–Crippen MR) is 121 cm³/mol. The maximum Gasteiger partial charge on any atom is 0.407 e. The van der Waals surface area contributed by atoms with E-state index >= 15 is 0 Å². The molecule has 0 aromatic heterocycles. The molecule has 0 aromatic carbocycles. The van der Waals surface area contributed by atoms with Crippen LogP contribution in [0, 0.1) is 11.8 Å². The first-order valence-electron chi connectivity index (χ1n) is 11.5. The van der Waals surface area contributed by atoms with Crippen molar-refractivity contribution in [3.63, 3.8) is 0 Å². The molecule has 0 bridgehead atoms. The Bertz CT molecular complexity index is 910. The van der Waals surface area contributed by atoms with Gasteiger partial charge in [0.2, 0.25) is 5.91 Å². The Morgan fingerprint density at radius 3 is 2.67 bits per heavy atom. The number of carbonyl (C=O) groups is 1. The molecule has 0 spiro atoms. The molecule has 4 heterocycles. The van der Waals surface area contributed by atoms with Crippen LogP contribution in [0.4, 0.5) is 13.2 Å². The maximum absolute atomic E-state index is 13.5. The highest BCUT2D eigenvalue weighted by Gasteiger charge is 2.57. The highest BCUT2D eigenvalue weighted by Crippen LogP contribution is 2.43. The van der Waals surface area contributed by atoms with Crippen LogP contribution in [0.15, 0.2) is 26.7 Å². The van der Waals surface area contributed by atoms with Crippen molar-refractivity contribution >= 4 is 24.0 Å². The molecule has 0 aromatic rings. The van der Waals surface area contributed by atoms with Gasteiger partial charge in [0, 0.05) is 19.5 Å². The number of alkyl halides is 3. The van der Waals surface area contributed by atoms with E-state index in [1.807, 2.05) is 27.0 Å². The van der Waals surface area contributed by atoms with Gasteiger partial charge >= 0.3 is 6.18 Å². The van der Waals surface area contributed by atoms with Crippen molar-refractivity contribution in [1.82, 2.24) is 9.91 Å². The lowest BCUT2D eigenvalue weighted by molar-refractivity contribution is -0.146. The van der Waals surface area contributed by atoms with E-state index in [-0.39, 0.29) is 42.5 Å². The third-order valence-corrected chi connectivity index (χ3v) is 7.21. The molecular formula is C23H32F3N5O2. The van der Waals surface area contributed by atoms with Crippen LogP contribution in [0.5, 0.6) is 0 Å². The Balaban J connectivity index is 1.59. The number of hydrogen-bond acceptors (Lipinski definition) is 6. The van der Waals surface area contributed by atoms with E-state index in [0.29, 0.717) is 6.42 Å². The molecule has 1 amide bonds. The first-order valence-corrected chi connectivity index (χ1v) is 11.5. The number of carbonyl (C=O) groups excluding carboxylic acids is 1. The molecule has 4 aliphatic heterocycles. The zero-order valence-electron chi connectivity index (χ0n) is 19.7. The lowest BCUT2D eigenvalue weighted by Crippen LogP contribution is -2.52. The van der Waals surface area contributed by atoms with Crippen LogP contribution in [0.25, 0.3) is 0 Å². The molecule has 182 valence electrons. The average Bonchev–Trinajstić information content (AvgIpc) is 3.25. The summed E-state index contributed by atoms with van der Waals surface area (Å²) in [6.07, 6.45) is 2.55. The van der Waals surface area contributed by atoms with Crippen LogP contribution >= 0.6 is 0 Å². The van der Waals surface area contributed by atoms with Crippen molar-refractivity contribution in [2.24, 2.45) is 26.9 Å². The Kier molecular flexibility index (Phi) is 6.18. The minimum atomic E-state index is -4.34. The summed E-state index contributed by atoms with van der Waals surface area (Å²) in [6, 6.07) is -0.564. The number of nitrogens with zero attached hydrogens (tertiary/aromatic N) is 5. The number of rotatable bonds is 5. The van der Waals surface area contributed by atoms with Crippen molar-refractivity contribution in [3.05, 3.63) is 11.6 Å². The van der Waals surface area contributed by atoms with E-state index < -0.39 is 24.3 Å². The van der Waals surface area contributed by atoms with Gasteiger partial charge in [-0.3, -0.25) is 19.8 Å². The zero-order chi connectivity index (χ0) is 24.1. The van der Waals surface area contributed by atoms with Crippen LogP contribution in [-0.4, -0.2) is 90.1 Å². The number of hydrazone groups is 1. The molecule has 33 heavy (non-hydrogen) atoms. The number of dihydropyridines is 1. The summed E-state index contributed by atoms with van der Waals surface area (Å²) in [5.41, 5.74) is 1.06. The Hall–Kier alpha value is -2.23. The molecule has 1 fully saturated rings. The van der Waals surface area contributed by atoms with Gasteiger partial charge in [-0.2, -0.15) is 18.3 Å². The molecule has 10 heteroatoms. The highest BCUT2D eigenvalue weighted by atomic mass is 19.4. The maximum atomic E-state index is 13.5. The smallest absolute Gasteiger partial charge is 0.375 e. The number of amides is 1. The van der Waals surface area contributed by atoms with Gasteiger partial charge in [0.1, 0.15) is 6.54 Å². The molecule has 7 nitrogen and oxygen atoms in total. The second kappa shape index (κ2) is 8.52. The van der Waals surface area contributed by atoms with Gasteiger partial charge in [-0.15, -0.1) is 0 Å². The molecule has 0 radical (unpaired) electrons. The van der Waals surface area contributed by atoms with Gasteiger partial charge in [-0.25, -0.2) is 0 Å². The Labute approximate surface area is 192 Å². The quantitative estimate of drug-likeness (QED) is 0.624. The van der Waals surface area contributed by atoms with Gasteiger partial charge in [-0.05, 0) is 44.3 Å². The van der Waals surface area contributed by atoms with Crippen LogP contribution < -0.4 is 0 Å². The largest absolute Gasteiger partial charge is 0.407 e. The third kappa shape index (κ3) is 4.34. The summed E-state index contributed by atoms with van der Waals surface area (Å²) >= 11 is 0. The number of ether oxygens (including phenoxy) is 1.